The van der Waals surface area contributed by atoms with Gasteiger partial charge < -0.3 is 10.1 Å². The van der Waals surface area contributed by atoms with Gasteiger partial charge in [-0.05, 0) is 42.7 Å². The number of thiazole rings is 1. The topological polar surface area (TPSA) is 47.0 Å². The van der Waals surface area contributed by atoms with Crippen LogP contribution in [0, 0.1) is 25.5 Å². The van der Waals surface area contributed by atoms with Crippen LogP contribution in [0.2, 0.25) is 0 Å². The number of benzene rings is 1. The molecular formula is C18H17F2N3OS. The first-order chi connectivity index (χ1) is 12.0. The van der Waals surface area contributed by atoms with E-state index in [1.807, 2.05) is 26.0 Å². The van der Waals surface area contributed by atoms with Crippen LogP contribution in [0.5, 0.6) is 5.75 Å². The van der Waals surface area contributed by atoms with Gasteiger partial charge in [-0.3, -0.25) is 4.98 Å². The highest BCUT2D eigenvalue weighted by atomic mass is 32.1. The van der Waals surface area contributed by atoms with Crippen LogP contribution in [0.4, 0.5) is 13.9 Å². The van der Waals surface area contributed by atoms with Crippen LogP contribution in [0.25, 0.3) is 10.4 Å². The van der Waals surface area contributed by atoms with Crippen LogP contribution in [0.1, 0.15) is 16.7 Å². The summed E-state index contributed by atoms with van der Waals surface area (Å²) in [4.78, 5) is 8.74. The molecule has 7 heteroatoms. The minimum absolute atomic E-state index is 0.00770. The van der Waals surface area contributed by atoms with Gasteiger partial charge in [-0.2, -0.15) is 0 Å². The zero-order valence-corrected chi connectivity index (χ0v) is 14.9. The van der Waals surface area contributed by atoms with Crippen molar-refractivity contribution in [2.24, 2.45) is 0 Å². The summed E-state index contributed by atoms with van der Waals surface area (Å²) < 4.78 is 32.6. The molecule has 0 spiro atoms. The average Bonchev–Trinajstić information content (AvgIpc) is 3.05. The number of anilines is 1. The summed E-state index contributed by atoms with van der Waals surface area (Å²) in [7, 11) is 1.65. The van der Waals surface area contributed by atoms with Gasteiger partial charge in [-0.15, -0.1) is 0 Å². The fourth-order valence-corrected chi connectivity index (χ4v) is 3.42. The zero-order valence-electron chi connectivity index (χ0n) is 14.1. The van der Waals surface area contributed by atoms with Gasteiger partial charge in [0.05, 0.1) is 24.4 Å². The molecule has 0 radical (unpaired) electrons. The van der Waals surface area contributed by atoms with Crippen molar-refractivity contribution < 1.29 is 13.5 Å². The first kappa shape index (κ1) is 17.3. The Morgan fingerprint density at radius 3 is 2.48 bits per heavy atom. The highest BCUT2D eigenvalue weighted by molar-refractivity contribution is 7.18. The van der Waals surface area contributed by atoms with Crippen LogP contribution in [0.15, 0.2) is 30.7 Å². The van der Waals surface area contributed by atoms with Gasteiger partial charge >= 0.3 is 0 Å². The lowest BCUT2D eigenvalue weighted by Crippen LogP contribution is -2.04. The molecule has 0 fully saturated rings. The van der Waals surface area contributed by atoms with Crippen molar-refractivity contribution in [1.82, 2.24) is 9.97 Å². The molecule has 0 saturated carbocycles. The molecule has 0 bridgehead atoms. The van der Waals surface area contributed by atoms with E-state index in [1.54, 1.807) is 13.3 Å². The minimum atomic E-state index is -0.675. The van der Waals surface area contributed by atoms with Gasteiger partial charge in [-0.1, -0.05) is 11.3 Å². The molecule has 0 aliphatic heterocycles. The molecule has 0 saturated heterocycles. The van der Waals surface area contributed by atoms with E-state index >= 15 is 0 Å². The van der Waals surface area contributed by atoms with Gasteiger partial charge in [0.1, 0.15) is 17.4 Å². The summed E-state index contributed by atoms with van der Waals surface area (Å²) in [6.07, 6.45) is 3.74. The van der Waals surface area contributed by atoms with Crippen molar-refractivity contribution in [1.29, 1.82) is 0 Å². The molecule has 130 valence electrons. The van der Waals surface area contributed by atoms with E-state index in [0.29, 0.717) is 5.13 Å². The van der Waals surface area contributed by atoms with Gasteiger partial charge in [-0.25, -0.2) is 13.8 Å². The summed E-state index contributed by atoms with van der Waals surface area (Å²) in [5.41, 5.74) is 3.11. The summed E-state index contributed by atoms with van der Waals surface area (Å²) >= 11 is 1.43. The van der Waals surface area contributed by atoms with E-state index in [-0.39, 0.29) is 12.1 Å². The summed E-state index contributed by atoms with van der Waals surface area (Å²) in [6.45, 7) is 4.00. The second-order valence-electron chi connectivity index (χ2n) is 5.60. The number of pyridine rings is 1. The third-order valence-electron chi connectivity index (χ3n) is 3.88. The van der Waals surface area contributed by atoms with Crippen LogP contribution < -0.4 is 10.1 Å². The van der Waals surface area contributed by atoms with E-state index in [2.05, 4.69) is 15.3 Å². The Bertz CT molecular complexity index is 891. The smallest absolute Gasteiger partial charge is 0.183 e. The molecule has 25 heavy (non-hydrogen) atoms. The number of nitrogens with zero attached hydrogens (tertiary/aromatic N) is 2. The van der Waals surface area contributed by atoms with Gasteiger partial charge in [0, 0.05) is 18.3 Å². The molecular weight excluding hydrogens is 344 g/mol. The molecule has 1 aromatic carbocycles. The Morgan fingerprint density at radius 2 is 1.80 bits per heavy atom. The molecule has 0 unspecified atom stereocenters. The second-order valence-corrected chi connectivity index (χ2v) is 6.63. The number of nitrogens with one attached hydrogen (secondary N) is 1. The number of halogens is 2. The fraction of sp³-hybridized carbons (Fsp3) is 0.222. The van der Waals surface area contributed by atoms with Gasteiger partial charge in [0.2, 0.25) is 0 Å². The maximum absolute atomic E-state index is 13.6. The van der Waals surface area contributed by atoms with Crippen molar-refractivity contribution in [2.45, 2.75) is 20.4 Å². The molecule has 0 atom stereocenters. The predicted octanol–water partition coefficient (Wildman–Crippen LogP) is 4.72. The van der Waals surface area contributed by atoms with Gasteiger partial charge in [0.15, 0.2) is 5.13 Å². The van der Waals surface area contributed by atoms with E-state index in [0.717, 1.165) is 39.7 Å². The van der Waals surface area contributed by atoms with Crippen LogP contribution in [-0.2, 0) is 6.54 Å². The highest BCUT2D eigenvalue weighted by Crippen LogP contribution is 2.35. The van der Waals surface area contributed by atoms with E-state index < -0.39 is 11.6 Å². The molecule has 3 aromatic rings. The molecule has 2 heterocycles. The number of aromatic nitrogens is 2. The lowest BCUT2D eigenvalue weighted by Gasteiger charge is -2.09. The number of rotatable bonds is 5. The third-order valence-corrected chi connectivity index (χ3v) is 4.87. The van der Waals surface area contributed by atoms with Crippen molar-refractivity contribution in [2.75, 3.05) is 12.4 Å². The summed E-state index contributed by atoms with van der Waals surface area (Å²) in [6, 6.07) is 4.03. The zero-order chi connectivity index (χ0) is 18.0. The minimum Gasteiger partial charge on any atom is -0.496 e. The first-order valence-corrected chi connectivity index (χ1v) is 8.44. The lowest BCUT2D eigenvalue weighted by molar-refractivity contribution is 0.411. The Kier molecular flexibility index (Phi) is 4.94. The molecule has 1 N–H and O–H groups in total. The van der Waals surface area contributed by atoms with Crippen molar-refractivity contribution >= 4 is 16.5 Å². The van der Waals surface area contributed by atoms with Crippen molar-refractivity contribution in [3.8, 4) is 16.2 Å². The average molecular weight is 361 g/mol. The molecule has 3 rings (SSSR count). The molecule has 0 aliphatic rings. The Balaban J connectivity index is 1.80. The quantitative estimate of drug-likeness (QED) is 0.714. The number of ether oxygens (including phenoxy) is 1. The highest BCUT2D eigenvalue weighted by Gasteiger charge is 2.12. The third kappa shape index (κ3) is 3.61. The molecule has 2 aromatic heterocycles. The normalized spacial score (nSPS) is 10.8. The van der Waals surface area contributed by atoms with Crippen molar-refractivity contribution in [3.63, 3.8) is 0 Å². The number of methoxy groups -OCH3 is 1. The fourth-order valence-electron chi connectivity index (χ4n) is 2.53. The predicted molar refractivity (Wildman–Crippen MR) is 95.1 cm³/mol. The number of aryl methyl sites for hydroxylation is 2. The summed E-state index contributed by atoms with van der Waals surface area (Å²) in [5, 5.41) is 3.56. The molecule has 0 aliphatic carbocycles. The number of hydrogen-bond donors (Lipinski definition) is 1. The maximum atomic E-state index is 13.6. The van der Waals surface area contributed by atoms with Crippen LogP contribution >= 0.6 is 11.3 Å². The Hall–Kier alpha value is -2.54. The maximum Gasteiger partial charge on any atom is 0.183 e. The Labute approximate surface area is 148 Å². The lowest BCUT2D eigenvalue weighted by atomic mass is 10.0. The monoisotopic (exact) mass is 361 g/mol. The standard InChI is InChI=1S/C18H17F2N3OS/c1-10-5-16(24-3)11(2)4-12(10)17-9-23-18(25-17)22-6-13-14(19)7-21-8-15(13)20/h4-5,7-9H,6H2,1-3H3,(H,22,23). The largest absolute Gasteiger partial charge is 0.496 e. The van der Waals surface area contributed by atoms with Crippen molar-refractivity contribution in [3.05, 3.63) is 59.0 Å². The van der Waals surface area contributed by atoms with E-state index in [9.17, 15) is 8.78 Å². The van der Waals surface area contributed by atoms with E-state index in [4.69, 9.17) is 4.74 Å². The van der Waals surface area contributed by atoms with E-state index in [1.165, 1.54) is 11.3 Å². The molecule has 4 nitrogen and oxygen atoms in total. The first-order valence-electron chi connectivity index (χ1n) is 7.62. The number of hydrogen-bond acceptors (Lipinski definition) is 5. The van der Waals surface area contributed by atoms with Crippen LogP contribution in [-0.4, -0.2) is 17.1 Å². The van der Waals surface area contributed by atoms with Gasteiger partial charge in [0.25, 0.3) is 0 Å². The SMILES string of the molecule is COc1cc(C)c(-c2cnc(NCc3c(F)cncc3F)s2)cc1C. The summed E-state index contributed by atoms with van der Waals surface area (Å²) in [5.74, 6) is -0.510. The van der Waals surface area contributed by atoms with Crippen LogP contribution in [0.3, 0.4) is 0 Å². The second kappa shape index (κ2) is 7.14. The Morgan fingerprint density at radius 1 is 1.08 bits per heavy atom. The molecule has 0 amide bonds.